The van der Waals surface area contributed by atoms with Crippen LogP contribution < -0.4 is 4.74 Å². The van der Waals surface area contributed by atoms with Gasteiger partial charge in [0, 0.05) is 6.20 Å². The highest BCUT2D eigenvalue weighted by Gasteiger charge is 2.26. The molecule has 0 atom stereocenters. The van der Waals surface area contributed by atoms with Crippen LogP contribution in [0.3, 0.4) is 0 Å². The van der Waals surface area contributed by atoms with Crippen LogP contribution in [-0.4, -0.2) is 36.9 Å². The van der Waals surface area contributed by atoms with Crippen LogP contribution in [0.25, 0.3) is 38.0 Å². The molecule has 0 aliphatic carbocycles. The Labute approximate surface area is 175 Å². The van der Waals surface area contributed by atoms with E-state index in [9.17, 15) is 4.39 Å². The fourth-order valence-corrected chi connectivity index (χ4v) is 4.59. The largest absolute Gasteiger partial charge is 0.496 e. The van der Waals surface area contributed by atoms with Crippen molar-refractivity contribution in [2.75, 3.05) is 7.11 Å². The second-order valence-corrected chi connectivity index (χ2v) is 7.54. The van der Waals surface area contributed by atoms with E-state index in [4.69, 9.17) is 9.72 Å². The number of H-pyrrole nitrogens is 1. The predicted octanol–water partition coefficient (Wildman–Crippen LogP) is 4.62. The smallest absolute Gasteiger partial charge is 0.193 e. The molecule has 7 nitrogen and oxygen atoms in total. The van der Waals surface area contributed by atoms with Crippen molar-refractivity contribution in [1.29, 1.82) is 0 Å². The first-order chi connectivity index (χ1) is 14.7. The van der Waals surface area contributed by atoms with E-state index in [1.807, 2.05) is 28.9 Å². The van der Waals surface area contributed by atoms with Crippen LogP contribution in [0.1, 0.15) is 12.6 Å². The van der Waals surface area contributed by atoms with Crippen molar-refractivity contribution in [3.05, 3.63) is 60.4 Å². The van der Waals surface area contributed by atoms with E-state index in [2.05, 4.69) is 27.2 Å². The molecule has 5 aromatic rings. The molecule has 0 unspecified atom stereocenters. The maximum Gasteiger partial charge on any atom is 0.193 e. The Balaban J connectivity index is 1.82. The predicted molar refractivity (Wildman–Crippen MR) is 113 cm³/mol. The maximum absolute atomic E-state index is 14.9. The molecule has 5 rings (SSSR count). The molecule has 0 amide bonds. The summed E-state index contributed by atoms with van der Waals surface area (Å²) in [6.07, 6.45) is 4.14. The van der Waals surface area contributed by atoms with E-state index in [-0.39, 0.29) is 5.56 Å². The highest BCUT2D eigenvalue weighted by atomic mass is 32.1. The Kier molecular flexibility index (Phi) is 4.51. The minimum atomic E-state index is -0.418. The molecule has 150 valence electrons. The van der Waals surface area contributed by atoms with Gasteiger partial charge in [0.15, 0.2) is 5.82 Å². The average Bonchev–Trinajstić information content (AvgIpc) is 3.50. The normalized spacial score (nSPS) is 11.3. The monoisotopic (exact) mass is 420 g/mol. The fraction of sp³-hybridized carbons (Fsp3) is 0.143. The minimum absolute atomic E-state index is 0.289. The van der Waals surface area contributed by atoms with Crippen molar-refractivity contribution >= 4 is 16.9 Å². The van der Waals surface area contributed by atoms with Crippen molar-refractivity contribution < 1.29 is 9.13 Å². The van der Waals surface area contributed by atoms with Gasteiger partial charge in [0.25, 0.3) is 0 Å². The number of benzene rings is 1. The summed E-state index contributed by atoms with van der Waals surface area (Å²) >= 11 is 1.41. The maximum atomic E-state index is 14.9. The molecule has 4 heterocycles. The van der Waals surface area contributed by atoms with Crippen molar-refractivity contribution in [2.45, 2.75) is 13.3 Å². The molecular weight excluding hydrogens is 403 g/mol. The number of aromatic nitrogens is 6. The Morgan fingerprint density at radius 3 is 2.83 bits per heavy atom. The van der Waals surface area contributed by atoms with Gasteiger partial charge in [-0.15, -0.1) is 11.3 Å². The van der Waals surface area contributed by atoms with Gasteiger partial charge in [0.1, 0.15) is 27.8 Å². The first-order valence-electron chi connectivity index (χ1n) is 9.37. The number of aryl methyl sites for hydroxylation is 1. The standard InChI is InChI=1S/C21H17FN6OS/c1-3-13-17(14-8-4-5-10-28(14)27-13)21-25-18(19(30-21)20-23-11-24-26-20)16-12(22)7-6-9-15(16)29-2/h4-11H,3H2,1-2H3,(H,23,24,26). The molecule has 1 N–H and O–H groups in total. The number of thiazole rings is 1. The topological polar surface area (TPSA) is 81.0 Å². The number of ether oxygens (including phenoxy) is 1. The van der Waals surface area contributed by atoms with Crippen LogP contribution in [0.5, 0.6) is 5.75 Å². The third kappa shape index (κ3) is 2.86. The van der Waals surface area contributed by atoms with Crippen molar-refractivity contribution in [3.8, 4) is 38.3 Å². The SMILES string of the molecule is CCc1nn2ccccc2c1-c1nc(-c2c(F)cccc2OC)c(-c2nc[nH]n2)s1. The summed E-state index contributed by atoms with van der Waals surface area (Å²) in [6.45, 7) is 2.05. The van der Waals surface area contributed by atoms with Gasteiger partial charge in [-0.2, -0.15) is 10.2 Å². The summed E-state index contributed by atoms with van der Waals surface area (Å²) in [4.78, 5) is 9.79. The van der Waals surface area contributed by atoms with Crippen LogP contribution in [0.4, 0.5) is 4.39 Å². The van der Waals surface area contributed by atoms with Crippen LogP contribution in [0, 0.1) is 5.82 Å². The summed E-state index contributed by atoms with van der Waals surface area (Å²) in [6, 6.07) is 10.6. The first-order valence-corrected chi connectivity index (χ1v) is 10.2. The van der Waals surface area contributed by atoms with Crippen LogP contribution >= 0.6 is 11.3 Å². The van der Waals surface area contributed by atoms with E-state index in [1.54, 1.807) is 12.1 Å². The lowest BCUT2D eigenvalue weighted by molar-refractivity contribution is 0.413. The van der Waals surface area contributed by atoms with Gasteiger partial charge in [-0.1, -0.05) is 19.1 Å². The van der Waals surface area contributed by atoms with E-state index in [0.717, 1.165) is 28.2 Å². The Morgan fingerprint density at radius 2 is 2.07 bits per heavy atom. The quantitative estimate of drug-likeness (QED) is 0.449. The first kappa shape index (κ1) is 18.4. The third-order valence-electron chi connectivity index (χ3n) is 4.84. The lowest BCUT2D eigenvalue weighted by atomic mass is 10.1. The molecule has 0 radical (unpaired) electrons. The summed E-state index contributed by atoms with van der Waals surface area (Å²) in [5.74, 6) is 0.436. The summed E-state index contributed by atoms with van der Waals surface area (Å²) in [5.41, 5.74) is 3.53. The highest BCUT2D eigenvalue weighted by molar-refractivity contribution is 7.19. The Bertz CT molecular complexity index is 1340. The molecule has 30 heavy (non-hydrogen) atoms. The fourth-order valence-electron chi connectivity index (χ4n) is 3.50. The van der Waals surface area contributed by atoms with Gasteiger partial charge in [0.2, 0.25) is 0 Å². The van der Waals surface area contributed by atoms with Crippen molar-refractivity contribution in [2.24, 2.45) is 0 Å². The molecule has 0 fully saturated rings. The van der Waals surface area contributed by atoms with E-state index >= 15 is 0 Å². The lowest BCUT2D eigenvalue weighted by Gasteiger charge is -2.08. The van der Waals surface area contributed by atoms with Crippen molar-refractivity contribution in [3.63, 3.8) is 0 Å². The summed E-state index contributed by atoms with van der Waals surface area (Å²) in [7, 11) is 1.51. The zero-order valence-corrected chi connectivity index (χ0v) is 17.1. The summed E-state index contributed by atoms with van der Waals surface area (Å²) in [5, 5.41) is 12.3. The minimum Gasteiger partial charge on any atom is -0.496 e. The van der Waals surface area contributed by atoms with E-state index in [1.165, 1.54) is 30.8 Å². The molecular formula is C21H17FN6OS. The van der Waals surface area contributed by atoms with E-state index in [0.29, 0.717) is 22.1 Å². The Morgan fingerprint density at radius 1 is 1.17 bits per heavy atom. The zero-order chi connectivity index (χ0) is 20.7. The molecule has 0 bridgehead atoms. The summed E-state index contributed by atoms with van der Waals surface area (Å²) < 4.78 is 22.2. The molecule has 4 aromatic heterocycles. The number of halogens is 1. The van der Waals surface area contributed by atoms with Gasteiger partial charge in [-0.25, -0.2) is 18.9 Å². The molecule has 1 aromatic carbocycles. The number of pyridine rings is 1. The van der Waals surface area contributed by atoms with Gasteiger partial charge < -0.3 is 4.74 Å². The van der Waals surface area contributed by atoms with Crippen LogP contribution in [0.15, 0.2) is 48.9 Å². The Hall–Kier alpha value is -3.59. The number of fused-ring (bicyclic) bond motifs is 1. The molecule has 0 saturated heterocycles. The van der Waals surface area contributed by atoms with Crippen LogP contribution in [0.2, 0.25) is 0 Å². The van der Waals surface area contributed by atoms with Crippen molar-refractivity contribution in [1.82, 2.24) is 29.8 Å². The third-order valence-corrected chi connectivity index (χ3v) is 5.91. The number of aromatic amines is 1. The molecule has 0 spiro atoms. The molecule has 0 saturated carbocycles. The van der Waals surface area contributed by atoms with Gasteiger partial charge in [0.05, 0.1) is 35.1 Å². The number of rotatable bonds is 5. The number of hydrogen-bond donors (Lipinski definition) is 1. The second-order valence-electron chi connectivity index (χ2n) is 6.54. The molecule has 9 heteroatoms. The number of hydrogen-bond acceptors (Lipinski definition) is 6. The van der Waals surface area contributed by atoms with Gasteiger partial charge in [-0.3, -0.25) is 5.10 Å². The zero-order valence-electron chi connectivity index (χ0n) is 16.3. The van der Waals surface area contributed by atoms with Crippen LogP contribution in [-0.2, 0) is 6.42 Å². The number of nitrogens with zero attached hydrogens (tertiary/aromatic N) is 5. The number of nitrogens with one attached hydrogen (secondary N) is 1. The second kappa shape index (κ2) is 7.34. The molecule has 0 aliphatic heterocycles. The van der Waals surface area contributed by atoms with Gasteiger partial charge >= 0.3 is 0 Å². The molecule has 0 aliphatic rings. The highest BCUT2D eigenvalue weighted by Crippen LogP contribution is 2.44. The van der Waals surface area contributed by atoms with Gasteiger partial charge in [-0.05, 0) is 30.7 Å². The average molecular weight is 420 g/mol. The lowest BCUT2D eigenvalue weighted by Crippen LogP contribution is -1.94. The number of methoxy groups -OCH3 is 1. The van der Waals surface area contributed by atoms with E-state index < -0.39 is 5.82 Å².